The molecular formula is C12H19BrN2O. The first-order valence-electron chi connectivity index (χ1n) is 5.41. The van der Waals surface area contributed by atoms with Crippen LogP contribution >= 0.6 is 15.9 Å². The van der Waals surface area contributed by atoms with Crippen molar-refractivity contribution >= 4 is 21.6 Å². The third-order valence-corrected chi connectivity index (χ3v) is 2.94. The maximum atomic E-state index is 9.07. The van der Waals surface area contributed by atoms with Crippen molar-refractivity contribution in [3.05, 3.63) is 22.9 Å². The molecule has 1 rings (SSSR count). The molecule has 0 amide bonds. The van der Waals surface area contributed by atoms with Crippen LogP contribution in [0.4, 0.5) is 5.69 Å². The molecule has 16 heavy (non-hydrogen) atoms. The smallest absolute Gasteiger partial charge is 0.0540 e. The molecule has 0 radical (unpaired) electrons. The van der Waals surface area contributed by atoms with Crippen LogP contribution in [-0.4, -0.2) is 22.7 Å². The number of anilines is 1. The number of halogens is 1. The van der Waals surface area contributed by atoms with E-state index < -0.39 is 0 Å². The molecule has 0 saturated carbocycles. The molecule has 90 valence electrons. The van der Waals surface area contributed by atoms with E-state index in [4.69, 9.17) is 5.11 Å². The summed E-state index contributed by atoms with van der Waals surface area (Å²) in [6.45, 7) is 6.67. The van der Waals surface area contributed by atoms with Gasteiger partial charge in [-0.1, -0.05) is 20.8 Å². The number of nitrogens with one attached hydrogen (secondary N) is 1. The van der Waals surface area contributed by atoms with Crippen LogP contribution in [0.1, 0.15) is 27.2 Å². The van der Waals surface area contributed by atoms with Crippen molar-refractivity contribution in [2.45, 2.75) is 33.2 Å². The highest BCUT2D eigenvalue weighted by Gasteiger charge is 2.23. The third kappa shape index (κ3) is 4.10. The molecule has 0 aliphatic carbocycles. The Morgan fingerprint density at radius 2 is 2.12 bits per heavy atom. The number of rotatable bonds is 4. The van der Waals surface area contributed by atoms with Gasteiger partial charge in [-0.15, -0.1) is 0 Å². The molecule has 0 spiro atoms. The van der Waals surface area contributed by atoms with E-state index in [9.17, 15) is 0 Å². The second-order valence-electron chi connectivity index (χ2n) is 4.97. The summed E-state index contributed by atoms with van der Waals surface area (Å²) in [6, 6.07) is 2.22. The van der Waals surface area contributed by atoms with Crippen molar-refractivity contribution in [3.8, 4) is 0 Å². The fourth-order valence-electron chi connectivity index (χ4n) is 1.54. The number of nitrogens with zero attached hydrogens (tertiary/aromatic N) is 1. The number of aliphatic hydroxyl groups is 1. The fraction of sp³-hybridized carbons (Fsp3) is 0.583. The summed E-state index contributed by atoms with van der Waals surface area (Å²) >= 11 is 3.39. The molecule has 0 aromatic carbocycles. The molecular weight excluding hydrogens is 268 g/mol. The Kier molecular flexibility index (Phi) is 4.74. The second kappa shape index (κ2) is 5.64. The van der Waals surface area contributed by atoms with Gasteiger partial charge in [-0.2, -0.15) is 0 Å². The Bertz CT molecular complexity index is 336. The average Bonchev–Trinajstić information content (AvgIpc) is 2.16. The largest absolute Gasteiger partial charge is 0.396 e. The zero-order chi connectivity index (χ0) is 12.2. The lowest BCUT2D eigenvalue weighted by molar-refractivity contribution is 0.235. The summed E-state index contributed by atoms with van der Waals surface area (Å²) in [5, 5.41) is 12.5. The van der Waals surface area contributed by atoms with Gasteiger partial charge in [0, 0.05) is 23.3 Å². The van der Waals surface area contributed by atoms with E-state index in [2.05, 4.69) is 47.0 Å². The summed E-state index contributed by atoms with van der Waals surface area (Å²) in [5.41, 5.74) is 1.08. The molecule has 1 unspecified atom stereocenters. The Morgan fingerprint density at radius 3 is 2.62 bits per heavy atom. The van der Waals surface area contributed by atoms with E-state index in [1.165, 1.54) is 0 Å². The molecule has 0 bridgehead atoms. The highest BCUT2D eigenvalue weighted by Crippen LogP contribution is 2.26. The lowest BCUT2D eigenvalue weighted by Gasteiger charge is -2.31. The molecule has 1 heterocycles. The van der Waals surface area contributed by atoms with E-state index in [-0.39, 0.29) is 18.1 Å². The second-order valence-corrected chi connectivity index (χ2v) is 5.88. The van der Waals surface area contributed by atoms with Gasteiger partial charge in [0.15, 0.2) is 0 Å². The first-order chi connectivity index (χ1) is 7.43. The fourth-order valence-corrected chi connectivity index (χ4v) is 1.91. The molecule has 1 atom stereocenters. The van der Waals surface area contributed by atoms with Gasteiger partial charge in [-0.3, -0.25) is 4.98 Å². The van der Waals surface area contributed by atoms with Gasteiger partial charge in [0.1, 0.15) is 0 Å². The first kappa shape index (κ1) is 13.5. The average molecular weight is 287 g/mol. The summed E-state index contributed by atoms with van der Waals surface area (Å²) in [6.07, 6.45) is 4.28. The van der Waals surface area contributed by atoms with Crippen LogP contribution in [0.3, 0.4) is 0 Å². The summed E-state index contributed by atoms with van der Waals surface area (Å²) < 4.78 is 0.953. The first-order valence-corrected chi connectivity index (χ1v) is 6.20. The lowest BCUT2D eigenvalue weighted by Crippen LogP contribution is -2.34. The predicted molar refractivity (Wildman–Crippen MR) is 70.5 cm³/mol. The van der Waals surface area contributed by atoms with Crippen LogP contribution in [-0.2, 0) is 0 Å². The highest BCUT2D eigenvalue weighted by atomic mass is 79.9. The van der Waals surface area contributed by atoms with E-state index >= 15 is 0 Å². The highest BCUT2D eigenvalue weighted by molar-refractivity contribution is 9.10. The molecule has 1 aromatic heterocycles. The van der Waals surface area contributed by atoms with Crippen LogP contribution in [0.5, 0.6) is 0 Å². The molecule has 3 nitrogen and oxygen atoms in total. The van der Waals surface area contributed by atoms with Crippen molar-refractivity contribution in [2.75, 3.05) is 11.9 Å². The van der Waals surface area contributed by atoms with E-state index in [0.717, 1.165) is 16.6 Å². The Balaban J connectivity index is 2.76. The summed E-state index contributed by atoms with van der Waals surface area (Å²) in [7, 11) is 0. The van der Waals surface area contributed by atoms with Crippen molar-refractivity contribution in [2.24, 2.45) is 5.41 Å². The minimum atomic E-state index is 0.102. The molecule has 1 aromatic rings. The van der Waals surface area contributed by atoms with Gasteiger partial charge in [0.2, 0.25) is 0 Å². The van der Waals surface area contributed by atoms with E-state index in [1.54, 1.807) is 12.4 Å². The van der Waals surface area contributed by atoms with Gasteiger partial charge in [0.05, 0.1) is 11.9 Å². The number of aromatic nitrogens is 1. The zero-order valence-corrected chi connectivity index (χ0v) is 11.6. The molecule has 0 aliphatic heterocycles. The molecule has 2 N–H and O–H groups in total. The minimum Gasteiger partial charge on any atom is -0.396 e. The van der Waals surface area contributed by atoms with Gasteiger partial charge in [-0.25, -0.2) is 0 Å². The van der Waals surface area contributed by atoms with Crippen LogP contribution in [0, 0.1) is 5.41 Å². The number of hydrogen-bond acceptors (Lipinski definition) is 3. The lowest BCUT2D eigenvalue weighted by atomic mass is 9.85. The summed E-state index contributed by atoms with van der Waals surface area (Å²) in [5.74, 6) is 0. The normalized spacial score (nSPS) is 13.6. The van der Waals surface area contributed by atoms with Crippen LogP contribution < -0.4 is 5.32 Å². The molecule has 0 aliphatic rings. The summed E-state index contributed by atoms with van der Waals surface area (Å²) in [4.78, 5) is 4.11. The van der Waals surface area contributed by atoms with Crippen molar-refractivity contribution < 1.29 is 5.11 Å². The topological polar surface area (TPSA) is 45.1 Å². The SMILES string of the molecule is CC(C)(C)C(CCO)Nc1cncc(Br)c1. The quantitative estimate of drug-likeness (QED) is 0.894. The minimum absolute atomic E-state index is 0.102. The van der Waals surface area contributed by atoms with Gasteiger partial charge in [-0.05, 0) is 33.8 Å². The molecule has 0 fully saturated rings. The van der Waals surface area contributed by atoms with Gasteiger partial charge in [0.25, 0.3) is 0 Å². The van der Waals surface area contributed by atoms with Crippen LogP contribution in [0.15, 0.2) is 22.9 Å². The number of aliphatic hydroxyl groups excluding tert-OH is 1. The molecule has 4 heteroatoms. The van der Waals surface area contributed by atoms with Crippen LogP contribution in [0.2, 0.25) is 0 Å². The number of pyridine rings is 1. The monoisotopic (exact) mass is 286 g/mol. The van der Waals surface area contributed by atoms with Crippen LogP contribution in [0.25, 0.3) is 0 Å². The Hall–Kier alpha value is -0.610. The van der Waals surface area contributed by atoms with E-state index in [1.807, 2.05) is 6.07 Å². The van der Waals surface area contributed by atoms with Crippen molar-refractivity contribution in [1.82, 2.24) is 4.98 Å². The van der Waals surface area contributed by atoms with E-state index in [0.29, 0.717) is 0 Å². The van der Waals surface area contributed by atoms with Gasteiger partial charge >= 0.3 is 0 Å². The standard InChI is InChI=1S/C12H19BrN2O/c1-12(2,3)11(4-5-16)15-10-6-9(13)7-14-8-10/h6-8,11,15-16H,4-5H2,1-3H3. The molecule has 0 saturated heterocycles. The Morgan fingerprint density at radius 1 is 1.44 bits per heavy atom. The maximum Gasteiger partial charge on any atom is 0.0540 e. The van der Waals surface area contributed by atoms with Crippen molar-refractivity contribution in [1.29, 1.82) is 0 Å². The van der Waals surface area contributed by atoms with Gasteiger partial charge < -0.3 is 10.4 Å². The number of hydrogen-bond donors (Lipinski definition) is 2. The maximum absolute atomic E-state index is 9.07. The third-order valence-electron chi connectivity index (χ3n) is 2.51. The Labute approximate surface area is 105 Å². The zero-order valence-electron chi connectivity index (χ0n) is 10.00. The predicted octanol–water partition coefficient (Wildman–Crippen LogP) is 3.05. The van der Waals surface area contributed by atoms with Crippen molar-refractivity contribution in [3.63, 3.8) is 0 Å².